The lowest BCUT2D eigenvalue weighted by molar-refractivity contribution is 0.313. The van der Waals surface area contributed by atoms with Gasteiger partial charge < -0.3 is 19.9 Å². The monoisotopic (exact) mass is 470 g/mol. The topological polar surface area (TPSA) is 75.5 Å². The van der Waals surface area contributed by atoms with Crippen LogP contribution in [-0.2, 0) is 6.54 Å². The van der Waals surface area contributed by atoms with Crippen molar-refractivity contribution in [3.8, 4) is 5.75 Å². The summed E-state index contributed by atoms with van der Waals surface area (Å²) in [6, 6.07) is 19.4. The molecular formula is C27H30N6O2. The van der Waals surface area contributed by atoms with Crippen LogP contribution in [0.5, 0.6) is 5.75 Å². The molecule has 4 aromatic rings. The number of piperazine rings is 1. The fourth-order valence-corrected chi connectivity index (χ4v) is 4.33. The van der Waals surface area contributed by atoms with Crippen LogP contribution in [0, 0.1) is 0 Å². The van der Waals surface area contributed by atoms with Crippen LogP contribution >= 0.6 is 0 Å². The molecule has 0 bridgehead atoms. The Bertz CT molecular complexity index is 1360. The Balaban J connectivity index is 1.40. The quantitative estimate of drug-likeness (QED) is 0.441. The number of ether oxygens (including phenoxy) is 1. The summed E-state index contributed by atoms with van der Waals surface area (Å²) >= 11 is 0. The summed E-state index contributed by atoms with van der Waals surface area (Å²) < 4.78 is 7.42. The minimum absolute atomic E-state index is 0.120. The van der Waals surface area contributed by atoms with E-state index >= 15 is 0 Å². The molecule has 35 heavy (non-hydrogen) atoms. The number of hydrogen-bond donors (Lipinski definition) is 1. The first-order valence-corrected chi connectivity index (χ1v) is 12.0. The van der Waals surface area contributed by atoms with Crippen molar-refractivity contribution in [2.24, 2.45) is 0 Å². The summed E-state index contributed by atoms with van der Waals surface area (Å²) in [4.78, 5) is 26.7. The molecule has 2 aromatic carbocycles. The maximum absolute atomic E-state index is 12.8. The van der Waals surface area contributed by atoms with E-state index in [1.54, 1.807) is 22.9 Å². The van der Waals surface area contributed by atoms with Crippen molar-refractivity contribution in [2.75, 3.05) is 50.1 Å². The molecule has 1 saturated heterocycles. The molecule has 1 N–H and O–H groups in total. The van der Waals surface area contributed by atoms with E-state index in [0.717, 1.165) is 48.6 Å². The highest BCUT2D eigenvalue weighted by molar-refractivity contribution is 5.76. The first-order valence-electron chi connectivity index (χ1n) is 12.0. The molecule has 1 aliphatic rings. The van der Waals surface area contributed by atoms with Gasteiger partial charge in [0.25, 0.3) is 5.56 Å². The zero-order valence-corrected chi connectivity index (χ0v) is 20.1. The zero-order valence-electron chi connectivity index (χ0n) is 20.1. The van der Waals surface area contributed by atoms with Crippen LogP contribution in [0.15, 0.2) is 71.7 Å². The number of aromatic nitrogens is 3. The third kappa shape index (κ3) is 5.12. The molecule has 0 aliphatic carbocycles. The molecule has 1 fully saturated rings. The summed E-state index contributed by atoms with van der Waals surface area (Å²) in [6.45, 7) is 7.07. The molecule has 1 aliphatic heterocycles. The SMILES string of the molecule is CCOc1ccccc1Cn1c(=O)ccc2cnc(Nc3ccc(N4CCN(C)CC4)cc3)nc21. The van der Waals surface area contributed by atoms with Crippen molar-refractivity contribution < 1.29 is 4.74 Å². The fraction of sp³-hybridized carbons (Fsp3) is 0.296. The smallest absolute Gasteiger partial charge is 0.252 e. The van der Waals surface area contributed by atoms with Gasteiger partial charge in [-0.3, -0.25) is 9.36 Å². The molecule has 0 amide bonds. The highest BCUT2D eigenvalue weighted by Crippen LogP contribution is 2.23. The number of benzene rings is 2. The Morgan fingerprint density at radius 3 is 2.51 bits per heavy atom. The summed E-state index contributed by atoms with van der Waals surface area (Å²) in [7, 11) is 2.16. The van der Waals surface area contributed by atoms with Crippen LogP contribution in [-0.4, -0.2) is 59.3 Å². The minimum Gasteiger partial charge on any atom is -0.494 e. The van der Waals surface area contributed by atoms with Gasteiger partial charge in [-0.15, -0.1) is 0 Å². The lowest BCUT2D eigenvalue weighted by Gasteiger charge is -2.34. The van der Waals surface area contributed by atoms with Gasteiger partial charge in [-0.25, -0.2) is 4.98 Å². The van der Waals surface area contributed by atoms with Crippen molar-refractivity contribution in [3.05, 3.63) is 82.8 Å². The molecule has 5 rings (SSSR count). The number of rotatable bonds is 7. The van der Waals surface area contributed by atoms with Gasteiger partial charge in [-0.05, 0) is 50.4 Å². The Labute approximate surface area is 204 Å². The van der Waals surface area contributed by atoms with E-state index in [1.807, 2.05) is 43.3 Å². The Morgan fingerprint density at radius 1 is 0.971 bits per heavy atom. The van der Waals surface area contributed by atoms with Gasteiger partial charge in [-0.2, -0.15) is 4.98 Å². The lowest BCUT2D eigenvalue weighted by atomic mass is 10.2. The largest absolute Gasteiger partial charge is 0.494 e. The maximum Gasteiger partial charge on any atom is 0.252 e. The lowest BCUT2D eigenvalue weighted by Crippen LogP contribution is -2.44. The summed E-state index contributed by atoms with van der Waals surface area (Å²) in [5.41, 5.74) is 3.50. The Hall–Kier alpha value is -3.91. The van der Waals surface area contributed by atoms with E-state index in [9.17, 15) is 4.79 Å². The predicted molar refractivity (Wildman–Crippen MR) is 140 cm³/mol. The van der Waals surface area contributed by atoms with Crippen molar-refractivity contribution in [3.63, 3.8) is 0 Å². The van der Waals surface area contributed by atoms with Gasteiger partial charge in [0.15, 0.2) is 0 Å². The van der Waals surface area contributed by atoms with E-state index in [-0.39, 0.29) is 5.56 Å². The molecule has 180 valence electrons. The van der Waals surface area contributed by atoms with Gasteiger partial charge in [-0.1, -0.05) is 18.2 Å². The first-order chi connectivity index (χ1) is 17.1. The number of fused-ring (bicyclic) bond motifs is 1. The van der Waals surface area contributed by atoms with Crippen LogP contribution in [0.25, 0.3) is 11.0 Å². The summed E-state index contributed by atoms with van der Waals surface area (Å²) in [6.07, 6.45) is 1.74. The maximum atomic E-state index is 12.8. The molecule has 0 atom stereocenters. The number of para-hydroxylation sites is 1. The van der Waals surface area contributed by atoms with Crippen LogP contribution in [0.2, 0.25) is 0 Å². The van der Waals surface area contributed by atoms with E-state index < -0.39 is 0 Å². The number of nitrogens with one attached hydrogen (secondary N) is 1. The molecule has 2 aromatic heterocycles. The Morgan fingerprint density at radius 2 is 1.74 bits per heavy atom. The van der Waals surface area contributed by atoms with Crippen molar-refractivity contribution in [1.82, 2.24) is 19.4 Å². The highest BCUT2D eigenvalue weighted by Gasteiger charge is 2.14. The third-order valence-corrected chi connectivity index (χ3v) is 6.32. The number of hydrogen-bond acceptors (Lipinski definition) is 7. The van der Waals surface area contributed by atoms with Crippen LogP contribution in [0.1, 0.15) is 12.5 Å². The van der Waals surface area contributed by atoms with E-state index in [0.29, 0.717) is 24.7 Å². The summed E-state index contributed by atoms with van der Waals surface area (Å²) in [5, 5.41) is 4.09. The van der Waals surface area contributed by atoms with Gasteiger partial charge in [0.2, 0.25) is 5.95 Å². The molecule has 8 heteroatoms. The van der Waals surface area contributed by atoms with Crippen LogP contribution in [0.3, 0.4) is 0 Å². The van der Waals surface area contributed by atoms with Gasteiger partial charge in [0.1, 0.15) is 11.4 Å². The summed E-state index contributed by atoms with van der Waals surface area (Å²) in [5.74, 6) is 1.22. The van der Waals surface area contributed by atoms with Crippen molar-refractivity contribution in [1.29, 1.82) is 0 Å². The second-order valence-corrected chi connectivity index (χ2v) is 8.73. The average Bonchev–Trinajstić information content (AvgIpc) is 2.88. The second kappa shape index (κ2) is 10.1. The van der Waals surface area contributed by atoms with E-state index in [1.165, 1.54) is 5.69 Å². The zero-order chi connectivity index (χ0) is 24.2. The molecule has 0 spiro atoms. The van der Waals surface area contributed by atoms with Crippen LogP contribution < -0.4 is 20.5 Å². The van der Waals surface area contributed by atoms with E-state index in [2.05, 4.69) is 39.3 Å². The van der Waals surface area contributed by atoms with Gasteiger partial charge in [0.05, 0.1) is 13.2 Å². The van der Waals surface area contributed by atoms with Crippen molar-refractivity contribution >= 4 is 28.4 Å². The van der Waals surface area contributed by atoms with Gasteiger partial charge in [0, 0.05) is 60.8 Å². The first kappa shape index (κ1) is 22.9. The highest BCUT2D eigenvalue weighted by atomic mass is 16.5. The van der Waals surface area contributed by atoms with Crippen LogP contribution in [0.4, 0.5) is 17.3 Å². The number of likely N-dealkylation sites (N-methyl/N-ethyl adjacent to an activating group) is 1. The molecule has 0 saturated carbocycles. The van der Waals surface area contributed by atoms with E-state index in [4.69, 9.17) is 9.72 Å². The third-order valence-electron chi connectivity index (χ3n) is 6.32. The molecule has 8 nitrogen and oxygen atoms in total. The molecule has 0 radical (unpaired) electrons. The minimum atomic E-state index is -0.120. The molecule has 0 unspecified atom stereocenters. The van der Waals surface area contributed by atoms with Crippen molar-refractivity contribution in [2.45, 2.75) is 13.5 Å². The average molecular weight is 471 g/mol. The second-order valence-electron chi connectivity index (χ2n) is 8.73. The van der Waals surface area contributed by atoms with Gasteiger partial charge >= 0.3 is 0 Å². The number of pyridine rings is 1. The standard InChI is InChI=1S/C27H30N6O2/c1-3-35-24-7-5-4-6-21(24)19-33-25(34)13-8-20-18-28-27(30-26(20)33)29-22-9-11-23(12-10-22)32-16-14-31(2)15-17-32/h4-13,18H,3,14-17,19H2,1-2H3,(H,28,29,30). The number of nitrogens with zero attached hydrogens (tertiary/aromatic N) is 5. The predicted octanol–water partition coefficient (Wildman–Crippen LogP) is 3.73. The fourth-order valence-electron chi connectivity index (χ4n) is 4.33. The Kier molecular flexibility index (Phi) is 6.63. The normalized spacial score (nSPS) is 14.3. The molecule has 3 heterocycles. The molecular weight excluding hydrogens is 440 g/mol. The number of anilines is 3.